The van der Waals surface area contributed by atoms with E-state index in [1.807, 2.05) is 0 Å². The van der Waals surface area contributed by atoms with Gasteiger partial charge in [-0.2, -0.15) is 0 Å². The molecule has 0 spiro atoms. The first-order chi connectivity index (χ1) is 6.83. The Morgan fingerprint density at radius 1 is 1.29 bits per heavy atom. The van der Waals surface area contributed by atoms with Crippen molar-refractivity contribution in [2.45, 2.75) is 36.2 Å². The van der Waals surface area contributed by atoms with Gasteiger partial charge in [-0.15, -0.1) is 11.8 Å². The summed E-state index contributed by atoms with van der Waals surface area (Å²) < 4.78 is 0. The second-order valence-corrected chi connectivity index (χ2v) is 4.69. The molecule has 2 atom stereocenters. The van der Waals surface area contributed by atoms with Gasteiger partial charge in [0.2, 0.25) is 0 Å². The Morgan fingerprint density at radius 2 is 2.07 bits per heavy atom. The monoisotopic (exact) mass is 208 g/mol. The van der Waals surface area contributed by atoms with Crippen molar-refractivity contribution in [3.63, 3.8) is 0 Å². The molecule has 0 aromatic heterocycles. The largest absolute Gasteiger partial charge is 0.392 e. The summed E-state index contributed by atoms with van der Waals surface area (Å²) >= 11 is 1.77. The molecule has 1 fully saturated rings. The second kappa shape index (κ2) is 4.37. The minimum atomic E-state index is -0.122. The first-order valence-electron chi connectivity index (χ1n) is 5.14. The quantitative estimate of drug-likeness (QED) is 0.754. The van der Waals surface area contributed by atoms with Crippen LogP contribution in [0.25, 0.3) is 0 Å². The molecule has 14 heavy (non-hydrogen) atoms. The van der Waals surface area contributed by atoms with Crippen LogP contribution in [0.1, 0.15) is 30.7 Å². The van der Waals surface area contributed by atoms with Crippen LogP contribution in [0.2, 0.25) is 0 Å². The summed E-state index contributed by atoms with van der Waals surface area (Å²) in [5, 5.41) is 9.85. The minimum Gasteiger partial charge on any atom is -0.392 e. The van der Waals surface area contributed by atoms with Crippen LogP contribution in [0, 0.1) is 0 Å². The number of benzene rings is 1. The zero-order valence-electron chi connectivity index (χ0n) is 8.44. The van der Waals surface area contributed by atoms with Crippen molar-refractivity contribution in [1.82, 2.24) is 0 Å². The fourth-order valence-corrected chi connectivity index (χ4v) is 2.95. The Kier molecular flexibility index (Phi) is 3.14. The van der Waals surface area contributed by atoms with Gasteiger partial charge in [-0.05, 0) is 30.7 Å². The Balaban J connectivity index is 2.30. The van der Waals surface area contributed by atoms with Gasteiger partial charge in [0.25, 0.3) is 0 Å². The lowest BCUT2D eigenvalue weighted by Gasteiger charge is -2.17. The van der Waals surface area contributed by atoms with E-state index in [0.29, 0.717) is 5.92 Å². The van der Waals surface area contributed by atoms with E-state index in [1.165, 1.54) is 10.5 Å². The first kappa shape index (κ1) is 10.1. The van der Waals surface area contributed by atoms with Crippen LogP contribution < -0.4 is 0 Å². The summed E-state index contributed by atoms with van der Waals surface area (Å²) in [4.78, 5) is 1.32. The fourth-order valence-electron chi connectivity index (χ4n) is 2.28. The van der Waals surface area contributed by atoms with E-state index in [9.17, 15) is 5.11 Å². The molecule has 0 radical (unpaired) electrons. The molecule has 0 unspecified atom stereocenters. The van der Waals surface area contributed by atoms with Gasteiger partial charge in [-0.3, -0.25) is 0 Å². The van der Waals surface area contributed by atoms with E-state index in [2.05, 4.69) is 30.5 Å². The lowest BCUT2D eigenvalue weighted by atomic mass is 9.96. The van der Waals surface area contributed by atoms with Crippen molar-refractivity contribution in [3.8, 4) is 0 Å². The summed E-state index contributed by atoms with van der Waals surface area (Å²) in [6.07, 6.45) is 5.24. The third-order valence-corrected chi connectivity index (χ3v) is 3.83. The zero-order chi connectivity index (χ0) is 9.97. The van der Waals surface area contributed by atoms with Crippen LogP contribution in [-0.2, 0) is 0 Å². The van der Waals surface area contributed by atoms with Crippen molar-refractivity contribution in [2.75, 3.05) is 6.26 Å². The number of hydrogen-bond acceptors (Lipinski definition) is 2. The highest BCUT2D eigenvalue weighted by molar-refractivity contribution is 7.98. The maximum Gasteiger partial charge on any atom is 0.0609 e. The average molecular weight is 208 g/mol. The van der Waals surface area contributed by atoms with Gasteiger partial charge in [-0.25, -0.2) is 0 Å². The van der Waals surface area contributed by atoms with Crippen LogP contribution in [0.3, 0.4) is 0 Å². The molecule has 2 rings (SSSR count). The molecule has 0 aliphatic heterocycles. The van der Waals surface area contributed by atoms with Gasteiger partial charge in [-0.1, -0.05) is 24.6 Å². The number of rotatable bonds is 2. The van der Waals surface area contributed by atoms with E-state index in [-0.39, 0.29) is 6.10 Å². The summed E-state index contributed by atoms with van der Waals surface area (Å²) in [6.45, 7) is 0. The van der Waals surface area contributed by atoms with Crippen LogP contribution in [0.5, 0.6) is 0 Å². The topological polar surface area (TPSA) is 20.2 Å². The van der Waals surface area contributed by atoms with Gasteiger partial charge in [0.15, 0.2) is 0 Å². The number of aliphatic hydroxyl groups is 1. The lowest BCUT2D eigenvalue weighted by Crippen LogP contribution is -2.11. The van der Waals surface area contributed by atoms with Crippen LogP contribution in [0.15, 0.2) is 29.2 Å². The van der Waals surface area contributed by atoms with E-state index < -0.39 is 0 Å². The summed E-state index contributed by atoms with van der Waals surface area (Å²) in [5.41, 5.74) is 1.34. The smallest absolute Gasteiger partial charge is 0.0609 e. The van der Waals surface area contributed by atoms with E-state index in [0.717, 1.165) is 19.3 Å². The van der Waals surface area contributed by atoms with Crippen molar-refractivity contribution < 1.29 is 5.11 Å². The van der Waals surface area contributed by atoms with Gasteiger partial charge >= 0.3 is 0 Å². The molecule has 1 nitrogen and oxygen atoms in total. The van der Waals surface area contributed by atoms with Crippen molar-refractivity contribution >= 4 is 11.8 Å². The SMILES string of the molecule is CSc1ccccc1[C@H]1CCC[C@@H]1O. The van der Waals surface area contributed by atoms with Crippen molar-refractivity contribution in [2.24, 2.45) is 0 Å². The number of hydrogen-bond donors (Lipinski definition) is 1. The molecular formula is C12H16OS. The molecule has 0 saturated heterocycles. The van der Waals surface area contributed by atoms with Crippen molar-refractivity contribution in [1.29, 1.82) is 0 Å². The fraction of sp³-hybridized carbons (Fsp3) is 0.500. The van der Waals surface area contributed by atoms with Gasteiger partial charge in [0.05, 0.1) is 6.10 Å². The molecule has 1 aliphatic rings. The van der Waals surface area contributed by atoms with Gasteiger partial charge in [0.1, 0.15) is 0 Å². The first-order valence-corrected chi connectivity index (χ1v) is 6.36. The van der Waals surface area contributed by atoms with E-state index in [4.69, 9.17) is 0 Å². The van der Waals surface area contributed by atoms with Crippen molar-refractivity contribution in [3.05, 3.63) is 29.8 Å². The molecular weight excluding hydrogens is 192 g/mol. The van der Waals surface area contributed by atoms with Crippen LogP contribution in [-0.4, -0.2) is 17.5 Å². The third kappa shape index (κ3) is 1.82. The Bertz CT molecular complexity index is 311. The lowest BCUT2D eigenvalue weighted by molar-refractivity contribution is 0.163. The second-order valence-electron chi connectivity index (χ2n) is 3.85. The molecule has 0 heterocycles. The standard InChI is InChI=1S/C12H16OS/c1-14-12-8-3-2-5-10(12)9-6-4-7-11(9)13/h2-3,5,8-9,11,13H,4,6-7H2,1H3/t9-,11+/m1/s1. The van der Waals surface area contributed by atoms with E-state index in [1.54, 1.807) is 11.8 Å². The Labute approximate surface area is 89.5 Å². The number of aliphatic hydroxyl groups excluding tert-OH is 1. The maximum absolute atomic E-state index is 9.85. The predicted octanol–water partition coefficient (Wildman–Crippen LogP) is 3.04. The molecule has 1 saturated carbocycles. The molecule has 0 amide bonds. The Morgan fingerprint density at radius 3 is 2.71 bits per heavy atom. The molecule has 1 aliphatic carbocycles. The van der Waals surface area contributed by atoms with Gasteiger partial charge < -0.3 is 5.11 Å². The summed E-state index contributed by atoms with van der Waals surface area (Å²) in [5.74, 6) is 0.374. The number of thioether (sulfide) groups is 1. The predicted molar refractivity (Wildman–Crippen MR) is 60.8 cm³/mol. The normalized spacial score (nSPS) is 26.7. The van der Waals surface area contributed by atoms with E-state index >= 15 is 0 Å². The third-order valence-electron chi connectivity index (χ3n) is 3.02. The highest BCUT2D eigenvalue weighted by Gasteiger charge is 2.27. The van der Waals surface area contributed by atoms with Crippen LogP contribution >= 0.6 is 11.8 Å². The summed E-state index contributed by atoms with van der Waals surface area (Å²) in [7, 11) is 0. The summed E-state index contributed by atoms with van der Waals surface area (Å²) in [6, 6.07) is 8.44. The molecule has 1 aromatic carbocycles. The highest BCUT2D eigenvalue weighted by Crippen LogP contribution is 2.38. The van der Waals surface area contributed by atoms with Gasteiger partial charge in [0, 0.05) is 10.8 Å². The molecule has 0 bridgehead atoms. The molecule has 2 heteroatoms. The molecule has 1 aromatic rings. The minimum absolute atomic E-state index is 0.122. The maximum atomic E-state index is 9.85. The average Bonchev–Trinajstić information content (AvgIpc) is 2.64. The highest BCUT2D eigenvalue weighted by atomic mass is 32.2. The zero-order valence-corrected chi connectivity index (χ0v) is 9.26. The molecule has 1 N–H and O–H groups in total. The van der Waals surface area contributed by atoms with Crippen LogP contribution in [0.4, 0.5) is 0 Å². The Hall–Kier alpha value is -0.470. The molecule has 76 valence electrons.